The van der Waals surface area contributed by atoms with Gasteiger partial charge in [-0.05, 0) is 31.0 Å². The number of methoxy groups -OCH3 is 2. The topological polar surface area (TPSA) is 126 Å². The number of hydrogen-bond donors (Lipinski definition) is 2. The Morgan fingerprint density at radius 2 is 2.10 bits per heavy atom. The summed E-state index contributed by atoms with van der Waals surface area (Å²) in [6, 6.07) is 7.01. The van der Waals surface area contributed by atoms with Crippen LogP contribution in [0.3, 0.4) is 0 Å². The number of nitrogen functional groups attached to an aromatic ring is 1. The van der Waals surface area contributed by atoms with Gasteiger partial charge in [0.15, 0.2) is 5.16 Å². The van der Waals surface area contributed by atoms with Crippen molar-refractivity contribution in [3.8, 4) is 5.75 Å². The molecule has 3 N–H and O–H groups in total. The van der Waals surface area contributed by atoms with Crippen LogP contribution in [0.25, 0.3) is 10.2 Å². The zero-order valence-electron chi connectivity index (χ0n) is 17.4. The molecule has 0 saturated heterocycles. The summed E-state index contributed by atoms with van der Waals surface area (Å²) in [7, 11) is 2.82. The number of carbonyl (C=O) groups excluding carboxylic acids is 2. The highest BCUT2D eigenvalue weighted by Gasteiger charge is 2.25. The SMILES string of the molecule is CC[C@H](Sc1nc2sc(C(=O)OC)c(C)c2c(=O)n1N)C(=O)Nc1cccc(OC)c1. The van der Waals surface area contributed by atoms with Gasteiger partial charge in [0.2, 0.25) is 5.91 Å². The number of fused-ring (bicyclic) bond motifs is 1. The summed E-state index contributed by atoms with van der Waals surface area (Å²) in [5.41, 5.74) is 0.580. The van der Waals surface area contributed by atoms with Crippen molar-refractivity contribution in [1.82, 2.24) is 9.66 Å². The van der Waals surface area contributed by atoms with Crippen LogP contribution in [0.4, 0.5) is 5.69 Å². The van der Waals surface area contributed by atoms with Gasteiger partial charge >= 0.3 is 5.97 Å². The zero-order chi connectivity index (χ0) is 22.7. The van der Waals surface area contributed by atoms with Gasteiger partial charge in [0, 0.05) is 11.8 Å². The third kappa shape index (κ3) is 4.52. The van der Waals surface area contributed by atoms with E-state index < -0.39 is 16.8 Å². The predicted octanol–water partition coefficient (Wildman–Crippen LogP) is 2.78. The van der Waals surface area contributed by atoms with Gasteiger partial charge < -0.3 is 20.6 Å². The monoisotopic (exact) mass is 462 g/mol. The molecule has 3 rings (SSSR count). The van der Waals surface area contributed by atoms with E-state index in [-0.39, 0.29) is 16.4 Å². The highest BCUT2D eigenvalue weighted by Crippen LogP contribution is 2.31. The Kier molecular flexibility index (Phi) is 6.86. The molecule has 2 heterocycles. The van der Waals surface area contributed by atoms with Gasteiger partial charge in [-0.3, -0.25) is 9.59 Å². The van der Waals surface area contributed by atoms with Crippen molar-refractivity contribution < 1.29 is 19.1 Å². The first-order valence-electron chi connectivity index (χ1n) is 9.31. The number of nitrogens with zero attached hydrogens (tertiary/aromatic N) is 2. The average molecular weight is 463 g/mol. The van der Waals surface area contributed by atoms with E-state index in [2.05, 4.69) is 10.3 Å². The van der Waals surface area contributed by atoms with E-state index in [1.165, 1.54) is 7.11 Å². The summed E-state index contributed by atoms with van der Waals surface area (Å²) in [4.78, 5) is 42.7. The van der Waals surface area contributed by atoms with E-state index in [0.29, 0.717) is 33.1 Å². The molecule has 0 saturated carbocycles. The van der Waals surface area contributed by atoms with Crippen LogP contribution in [-0.2, 0) is 9.53 Å². The Bertz CT molecular complexity index is 1200. The first kappa shape index (κ1) is 22.6. The molecule has 0 aliphatic heterocycles. The Morgan fingerprint density at radius 3 is 2.74 bits per heavy atom. The van der Waals surface area contributed by atoms with E-state index >= 15 is 0 Å². The fourth-order valence-corrected chi connectivity index (χ4v) is 5.00. The molecular weight excluding hydrogens is 440 g/mol. The van der Waals surface area contributed by atoms with Crippen LogP contribution in [0.15, 0.2) is 34.2 Å². The summed E-state index contributed by atoms with van der Waals surface area (Å²) in [6.07, 6.45) is 0.477. The maximum atomic E-state index is 12.8. The minimum absolute atomic E-state index is 0.183. The van der Waals surface area contributed by atoms with E-state index in [1.807, 2.05) is 6.92 Å². The van der Waals surface area contributed by atoms with Crippen LogP contribution in [0, 0.1) is 6.92 Å². The number of thiophene rings is 1. The quantitative estimate of drug-likeness (QED) is 0.238. The highest BCUT2D eigenvalue weighted by molar-refractivity contribution is 8.00. The number of amides is 1. The fraction of sp³-hybridized carbons (Fsp3) is 0.300. The van der Waals surface area contributed by atoms with E-state index in [1.54, 1.807) is 38.3 Å². The molecule has 1 amide bonds. The van der Waals surface area contributed by atoms with Crippen molar-refractivity contribution in [2.75, 3.05) is 25.4 Å². The van der Waals surface area contributed by atoms with Crippen LogP contribution in [0.5, 0.6) is 5.75 Å². The number of nitrogens with one attached hydrogen (secondary N) is 1. The third-order valence-corrected chi connectivity index (χ3v) is 7.08. The minimum Gasteiger partial charge on any atom is -0.497 e. The predicted molar refractivity (Wildman–Crippen MR) is 122 cm³/mol. The number of aryl methyl sites for hydroxylation is 1. The lowest BCUT2D eigenvalue weighted by Gasteiger charge is -2.16. The lowest BCUT2D eigenvalue weighted by atomic mass is 10.2. The van der Waals surface area contributed by atoms with Crippen LogP contribution in [-0.4, -0.2) is 41.0 Å². The second-order valence-electron chi connectivity index (χ2n) is 6.53. The molecule has 1 aromatic carbocycles. The molecule has 11 heteroatoms. The molecule has 1 atom stereocenters. The molecule has 0 unspecified atom stereocenters. The van der Waals surface area contributed by atoms with E-state index in [4.69, 9.17) is 15.3 Å². The molecule has 31 heavy (non-hydrogen) atoms. The molecule has 0 aliphatic carbocycles. The van der Waals surface area contributed by atoms with Gasteiger partial charge in [0.05, 0.1) is 24.9 Å². The number of nitrogens with two attached hydrogens (primary N) is 1. The number of benzene rings is 1. The number of ether oxygens (including phenoxy) is 2. The molecular formula is C20H22N4O5S2. The van der Waals surface area contributed by atoms with Crippen molar-refractivity contribution in [3.05, 3.63) is 45.1 Å². The van der Waals surface area contributed by atoms with Gasteiger partial charge in [-0.15, -0.1) is 11.3 Å². The fourth-order valence-electron chi connectivity index (χ4n) is 2.92. The number of esters is 1. The Balaban J connectivity index is 1.91. The summed E-state index contributed by atoms with van der Waals surface area (Å²) < 4.78 is 10.9. The summed E-state index contributed by atoms with van der Waals surface area (Å²) in [5.74, 6) is 5.81. The number of aromatic nitrogens is 2. The molecule has 9 nitrogen and oxygen atoms in total. The number of anilines is 1. The standard InChI is InChI=1S/C20H22N4O5S2/c1-5-13(16(25)22-11-7-6-8-12(9-11)28-3)30-20-23-17-14(18(26)24(20)21)10(2)15(31-17)19(27)29-4/h6-9,13H,5,21H2,1-4H3,(H,22,25)/t13-/m0/s1. The number of rotatable bonds is 7. The van der Waals surface area contributed by atoms with Crippen LogP contribution in [0.1, 0.15) is 28.6 Å². The largest absolute Gasteiger partial charge is 0.497 e. The van der Waals surface area contributed by atoms with Crippen molar-refractivity contribution in [2.24, 2.45) is 0 Å². The first-order valence-corrected chi connectivity index (χ1v) is 11.0. The van der Waals surface area contributed by atoms with Crippen molar-refractivity contribution in [1.29, 1.82) is 0 Å². The van der Waals surface area contributed by atoms with Crippen LogP contribution >= 0.6 is 23.1 Å². The minimum atomic E-state index is -0.550. The van der Waals surface area contributed by atoms with Crippen LogP contribution in [0.2, 0.25) is 0 Å². The molecule has 0 bridgehead atoms. The second-order valence-corrected chi connectivity index (χ2v) is 8.70. The second kappa shape index (κ2) is 9.40. The van der Waals surface area contributed by atoms with E-state index in [0.717, 1.165) is 27.8 Å². The molecule has 0 aliphatic rings. The maximum Gasteiger partial charge on any atom is 0.348 e. The molecule has 0 radical (unpaired) electrons. The van der Waals surface area contributed by atoms with Gasteiger partial charge in [-0.2, -0.15) is 0 Å². The average Bonchev–Trinajstić information content (AvgIpc) is 3.10. The molecule has 2 aromatic heterocycles. The van der Waals surface area contributed by atoms with E-state index in [9.17, 15) is 14.4 Å². The third-order valence-electron chi connectivity index (χ3n) is 4.58. The number of carbonyl (C=O) groups is 2. The highest BCUT2D eigenvalue weighted by atomic mass is 32.2. The number of hydrogen-bond acceptors (Lipinski definition) is 9. The Labute approximate surface area is 186 Å². The van der Waals surface area contributed by atoms with Crippen LogP contribution < -0.4 is 21.5 Å². The normalized spacial score (nSPS) is 11.9. The smallest absolute Gasteiger partial charge is 0.348 e. The molecule has 0 fully saturated rings. The van der Waals surface area contributed by atoms with Gasteiger partial charge in [-0.25, -0.2) is 14.5 Å². The van der Waals surface area contributed by atoms with Gasteiger partial charge in [0.25, 0.3) is 5.56 Å². The Hall–Kier alpha value is -3.05. The Morgan fingerprint density at radius 1 is 1.35 bits per heavy atom. The molecule has 0 spiro atoms. The van der Waals surface area contributed by atoms with Crippen molar-refractivity contribution in [2.45, 2.75) is 30.7 Å². The lowest BCUT2D eigenvalue weighted by Crippen LogP contribution is -2.32. The van der Waals surface area contributed by atoms with Crippen molar-refractivity contribution >= 4 is 50.9 Å². The summed E-state index contributed by atoms with van der Waals surface area (Å²) in [5, 5.41) is 2.74. The summed E-state index contributed by atoms with van der Waals surface area (Å²) in [6.45, 7) is 3.50. The van der Waals surface area contributed by atoms with Crippen molar-refractivity contribution in [3.63, 3.8) is 0 Å². The van der Waals surface area contributed by atoms with Gasteiger partial charge in [-0.1, -0.05) is 24.8 Å². The summed E-state index contributed by atoms with van der Waals surface area (Å²) >= 11 is 2.15. The molecule has 3 aromatic rings. The zero-order valence-corrected chi connectivity index (χ0v) is 19.1. The number of thioether (sulfide) groups is 1. The lowest BCUT2D eigenvalue weighted by molar-refractivity contribution is -0.115. The maximum absolute atomic E-state index is 12.8. The van der Waals surface area contributed by atoms with Gasteiger partial charge in [0.1, 0.15) is 15.5 Å². The molecule has 164 valence electrons. The first-order chi connectivity index (χ1) is 14.8.